The van der Waals surface area contributed by atoms with Gasteiger partial charge in [-0.05, 0) is 68.5 Å². The number of hydrogen-bond acceptors (Lipinski definition) is 4. The summed E-state index contributed by atoms with van der Waals surface area (Å²) < 4.78 is 0. The first-order chi connectivity index (χ1) is 13.8. The first kappa shape index (κ1) is 18.1. The number of nitrogens with zero attached hydrogens (tertiary/aromatic N) is 1. The van der Waals surface area contributed by atoms with E-state index in [1.54, 1.807) is 0 Å². The van der Waals surface area contributed by atoms with Crippen LogP contribution in [0.25, 0.3) is 0 Å². The summed E-state index contributed by atoms with van der Waals surface area (Å²) in [5, 5.41) is 6.62. The number of amides is 1. The van der Waals surface area contributed by atoms with Crippen molar-refractivity contribution < 1.29 is 4.79 Å². The van der Waals surface area contributed by atoms with Crippen LogP contribution in [-0.2, 0) is 4.79 Å². The molecule has 1 atom stereocenters. The largest absolute Gasteiger partial charge is 0.356 e. The number of nitrogens with one attached hydrogen (secondary N) is 2. The van der Waals surface area contributed by atoms with Gasteiger partial charge in [0.05, 0.1) is 11.4 Å². The third-order valence-electron chi connectivity index (χ3n) is 6.50. The van der Waals surface area contributed by atoms with E-state index in [0.29, 0.717) is 5.41 Å². The van der Waals surface area contributed by atoms with Crippen molar-refractivity contribution in [2.45, 2.75) is 35.5 Å². The molecule has 2 N–H and O–H groups in total. The second-order valence-electron chi connectivity index (χ2n) is 8.20. The number of rotatable bonds is 5. The minimum atomic E-state index is 0.252. The second-order valence-corrected chi connectivity index (χ2v) is 9.29. The molecule has 2 heterocycles. The fourth-order valence-electron chi connectivity index (χ4n) is 4.79. The number of fused-ring (bicyclic) bond motifs is 2. The average molecular weight is 394 g/mol. The number of benzene rings is 2. The third kappa shape index (κ3) is 3.31. The van der Waals surface area contributed by atoms with Crippen molar-refractivity contribution in [3.63, 3.8) is 0 Å². The molecular formula is C23H27N3OS. The molecular weight excluding hydrogens is 366 g/mol. The predicted molar refractivity (Wildman–Crippen MR) is 114 cm³/mol. The van der Waals surface area contributed by atoms with E-state index in [1.807, 2.05) is 11.8 Å². The molecule has 2 fully saturated rings. The molecule has 0 radical (unpaired) electrons. The van der Waals surface area contributed by atoms with Gasteiger partial charge in [-0.2, -0.15) is 0 Å². The van der Waals surface area contributed by atoms with Gasteiger partial charge < -0.3 is 15.5 Å². The minimum absolute atomic E-state index is 0.252. The van der Waals surface area contributed by atoms with Gasteiger partial charge >= 0.3 is 0 Å². The van der Waals surface area contributed by atoms with E-state index in [9.17, 15) is 4.79 Å². The zero-order valence-corrected chi connectivity index (χ0v) is 16.9. The maximum Gasteiger partial charge on any atom is 0.223 e. The summed E-state index contributed by atoms with van der Waals surface area (Å²) >= 11 is 1.84. The molecule has 3 aliphatic rings. The van der Waals surface area contributed by atoms with Crippen molar-refractivity contribution in [1.29, 1.82) is 0 Å². The first-order valence-corrected chi connectivity index (χ1v) is 11.2. The number of piperidine rings is 1. The standard InChI is InChI=1S/C23H27N3OS/c27-22(17-16-23(17)10-13-24-14-11-23)25-12-5-15-26-18-6-1-3-8-20(18)28-21-9-4-2-7-19(21)26/h1-4,6-9,17,24H,5,10-16H2,(H,25,27). The second kappa shape index (κ2) is 7.45. The predicted octanol–water partition coefficient (Wildman–Crippen LogP) is 4.19. The summed E-state index contributed by atoms with van der Waals surface area (Å²) in [7, 11) is 0. The van der Waals surface area contributed by atoms with Crippen LogP contribution in [0, 0.1) is 11.3 Å². The molecule has 146 valence electrons. The van der Waals surface area contributed by atoms with Gasteiger partial charge in [-0.15, -0.1) is 0 Å². The molecule has 1 amide bonds. The van der Waals surface area contributed by atoms with Crippen LogP contribution in [0.2, 0.25) is 0 Å². The molecule has 0 aromatic heterocycles. The molecule has 2 aromatic rings. The van der Waals surface area contributed by atoms with E-state index in [-0.39, 0.29) is 11.8 Å². The molecule has 1 saturated carbocycles. The summed E-state index contributed by atoms with van der Waals surface area (Å²) in [6.45, 7) is 3.79. The fourth-order valence-corrected chi connectivity index (χ4v) is 5.89. The lowest BCUT2D eigenvalue weighted by atomic mass is 9.92. The highest BCUT2D eigenvalue weighted by atomic mass is 32.2. The quantitative estimate of drug-likeness (QED) is 0.748. The van der Waals surface area contributed by atoms with Crippen molar-refractivity contribution >= 4 is 29.0 Å². The highest BCUT2D eigenvalue weighted by molar-refractivity contribution is 7.99. The zero-order valence-electron chi connectivity index (χ0n) is 16.1. The highest BCUT2D eigenvalue weighted by Gasteiger charge is 2.57. The molecule has 5 rings (SSSR count). The molecule has 1 saturated heterocycles. The van der Waals surface area contributed by atoms with Crippen LogP contribution >= 0.6 is 11.8 Å². The molecule has 2 aromatic carbocycles. The van der Waals surface area contributed by atoms with E-state index in [2.05, 4.69) is 64.1 Å². The molecule has 28 heavy (non-hydrogen) atoms. The van der Waals surface area contributed by atoms with E-state index >= 15 is 0 Å². The maximum absolute atomic E-state index is 12.6. The lowest BCUT2D eigenvalue weighted by Gasteiger charge is -2.32. The monoisotopic (exact) mass is 393 g/mol. The Bertz CT molecular complexity index is 832. The van der Waals surface area contributed by atoms with Gasteiger partial charge in [0.1, 0.15) is 0 Å². The van der Waals surface area contributed by atoms with Crippen molar-refractivity contribution in [3.05, 3.63) is 48.5 Å². The van der Waals surface area contributed by atoms with Gasteiger partial charge in [0, 0.05) is 28.8 Å². The number of carbonyl (C=O) groups excluding carboxylic acids is 1. The van der Waals surface area contributed by atoms with Gasteiger partial charge in [0.15, 0.2) is 0 Å². The van der Waals surface area contributed by atoms with Crippen LogP contribution in [0.3, 0.4) is 0 Å². The Balaban J connectivity index is 1.19. The van der Waals surface area contributed by atoms with Gasteiger partial charge in [0.25, 0.3) is 0 Å². The Labute approximate surface area is 171 Å². The maximum atomic E-state index is 12.6. The molecule has 1 unspecified atom stereocenters. The van der Waals surface area contributed by atoms with Gasteiger partial charge in [0.2, 0.25) is 5.91 Å². The van der Waals surface area contributed by atoms with E-state index in [1.165, 1.54) is 21.2 Å². The summed E-state index contributed by atoms with van der Waals surface area (Å²) in [4.78, 5) is 17.6. The Hall–Kier alpha value is -1.98. The highest BCUT2D eigenvalue weighted by Crippen LogP contribution is 2.58. The third-order valence-corrected chi connectivity index (χ3v) is 7.63. The number of anilines is 2. The van der Waals surface area contributed by atoms with E-state index in [0.717, 1.165) is 51.9 Å². The molecule has 4 nitrogen and oxygen atoms in total. The number of para-hydroxylation sites is 2. The fraction of sp³-hybridized carbons (Fsp3) is 0.435. The Morgan fingerprint density at radius 2 is 1.71 bits per heavy atom. The van der Waals surface area contributed by atoms with E-state index in [4.69, 9.17) is 0 Å². The smallest absolute Gasteiger partial charge is 0.223 e. The molecule has 5 heteroatoms. The summed E-state index contributed by atoms with van der Waals surface area (Å²) in [6.07, 6.45) is 4.35. The SMILES string of the molecule is O=C(NCCCN1c2ccccc2Sc2ccccc21)C1CC12CCNCC2. The van der Waals surface area contributed by atoms with Gasteiger partial charge in [-0.1, -0.05) is 36.0 Å². The topological polar surface area (TPSA) is 44.4 Å². The van der Waals surface area contributed by atoms with Crippen molar-refractivity contribution in [2.75, 3.05) is 31.1 Å². The lowest BCUT2D eigenvalue weighted by molar-refractivity contribution is -0.123. The molecule has 1 aliphatic carbocycles. The van der Waals surface area contributed by atoms with Crippen LogP contribution < -0.4 is 15.5 Å². The lowest BCUT2D eigenvalue weighted by Crippen LogP contribution is -2.34. The van der Waals surface area contributed by atoms with Crippen molar-refractivity contribution in [3.8, 4) is 0 Å². The molecule has 2 aliphatic heterocycles. The van der Waals surface area contributed by atoms with Crippen LogP contribution in [0.1, 0.15) is 25.7 Å². The number of carbonyl (C=O) groups is 1. The summed E-state index contributed by atoms with van der Waals surface area (Å²) in [6, 6.07) is 17.2. The summed E-state index contributed by atoms with van der Waals surface area (Å²) in [5.41, 5.74) is 2.86. The van der Waals surface area contributed by atoms with E-state index < -0.39 is 0 Å². The van der Waals surface area contributed by atoms with Gasteiger partial charge in [-0.25, -0.2) is 0 Å². The van der Waals surface area contributed by atoms with Crippen LogP contribution in [0.5, 0.6) is 0 Å². The van der Waals surface area contributed by atoms with Crippen LogP contribution in [0.15, 0.2) is 58.3 Å². The normalized spacial score (nSPS) is 21.7. The van der Waals surface area contributed by atoms with Gasteiger partial charge in [-0.3, -0.25) is 4.79 Å². The Morgan fingerprint density at radius 1 is 1.07 bits per heavy atom. The van der Waals surface area contributed by atoms with Crippen molar-refractivity contribution in [2.24, 2.45) is 11.3 Å². The number of hydrogen-bond donors (Lipinski definition) is 2. The van der Waals surface area contributed by atoms with Crippen LogP contribution in [0.4, 0.5) is 11.4 Å². The minimum Gasteiger partial charge on any atom is -0.356 e. The molecule has 0 bridgehead atoms. The Kier molecular flexibility index (Phi) is 4.81. The van der Waals surface area contributed by atoms with Crippen LogP contribution in [-0.4, -0.2) is 32.1 Å². The first-order valence-electron chi connectivity index (χ1n) is 10.4. The average Bonchev–Trinajstić information content (AvgIpc) is 3.43. The summed E-state index contributed by atoms with van der Waals surface area (Å²) in [5.74, 6) is 0.527. The van der Waals surface area contributed by atoms with Crippen molar-refractivity contribution in [1.82, 2.24) is 10.6 Å². The molecule has 1 spiro atoms. The zero-order chi connectivity index (χ0) is 19.0. The Morgan fingerprint density at radius 3 is 2.39 bits per heavy atom.